The summed E-state index contributed by atoms with van der Waals surface area (Å²) >= 11 is 0. The third-order valence-corrected chi connectivity index (χ3v) is 7.34. The van der Waals surface area contributed by atoms with Gasteiger partial charge in [0.25, 0.3) is 0 Å². The first-order chi connectivity index (χ1) is 13.7. The molecule has 1 aromatic carbocycles. The predicted molar refractivity (Wildman–Crippen MR) is 110 cm³/mol. The molecule has 8 heteroatoms. The summed E-state index contributed by atoms with van der Waals surface area (Å²) in [4.78, 5) is 0.177. The maximum atomic E-state index is 13.6. The molecule has 1 aliphatic rings. The molecule has 0 spiro atoms. The fourth-order valence-electron chi connectivity index (χ4n) is 3.91. The van der Waals surface area contributed by atoms with E-state index in [1.54, 1.807) is 25.3 Å². The summed E-state index contributed by atoms with van der Waals surface area (Å²) in [6, 6.07) is 5.54. The van der Waals surface area contributed by atoms with Crippen LogP contribution in [-0.4, -0.2) is 37.1 Å². The Kier molecular flexibility index (Phi) is 6.53. The Bertz CT molecular complexity index is 926. The largest absolute Gasteiger partial charge is 0.493 e. The molecule has 160 valence electrons. The van der Waals surface area contributed by atoms with Crippen molar-refractivity contribution in [3.8, 4) is 11.5 Å². The zero-order valence-corrected chi connectivity index (χ0v) is 18.6. The molecule has 0 atom stereocenters. The van der Waals surface area contributed by atoms with Crippen LogP contribution in [0.2, 0.25) is 0 Å². The summed E-state index contributed by atoms with van der Waals surface area (Å²) in [5, 5.41) is 3.85. The molecule has 0 aliphatic heterocycles. The molecular weight excluding hydrogens is 392 g/mol. The van der Waals surface area contributed by atoms with Gasteiger partial charge in [0.05, 0.1) is 13.2 Å². The van der Waals surface area contributed by atoms with Gasteiger partial charge >= 0.3 is 0 Å². The topological polar surface area (TPSA) is 81.9 Å². The van der Waals surface area contributed by atoms with Gasteiger partial charge in [0.1, 0.15) is 10.6 Å². The Morgan fingerprint density at radius 3 is 2.45 bits per heavy atom. The van der Waals surface area contributed by atoms with Crippen LogP contribution in [0.1, 0.15) is 56.5 Å². The molecule has 0 amide bonds. The number of benzene rings is 1. The normalized spacial score (nSPS) is 15.4. The second kappa shape index (κ2) is 8.75. The van der Waals surface area contributed by atoms with E-state index >= 15 is 0 Å². The number of aromatic nitrogens is 1. The molecule has 1 aliphatic carbocycles. The monoisotopic (exact) mass is 422 g/mol. The molecule has 29 heavy (non-hydrogen) atoms. The highest BCUT2D eigenvalue weighted by molar-refractivity contribution is 7.89. The van der Waals surface area contributed by atoms with E-state index < -0.39 is 10.0 Å². The SMILES string of the molecule is COc1ccc(CN(C2CCCC2)S(=O)(=O)c2c(C)noc2C)cc1OC(C)C. The lowest BCUT2D eigenvalue weighted by molar-refractivity contribution is 0.229. The molecule has 0 unspecified atom stereocenters. The average molecular weight is 423 g/mol. The van der Waals surface area contributed by atoms with E-state index in [-0.39, 0.29) is 23.6 Å². The molecular formula is C21H30N2O5S. The molecule has 2 aromatic rings. The standard InChI is InChI=1S/C21H30N2O5S/c1-14(2)27-20-12-17(10-11-19(20)26-5)13-23(18-8-6-7-9-18)29(24,25)21-15(3)22-28-16(21)4/h10-12,14,18H,6-9,13H2,1-5H3. The number of rotatable bonds is 8. The first-order valence-corrected chi connectivity index (χ1v) is 11.5. The highest BCUT2D eigenvalue weighted by Crippen LogP contribution is 2.34. The van der Waals surface area contributed by atoms with Crippen molar-refractivity contribution in [3.63, 3.8) is 0 Å². The van der Waals surface area contributed by atoms with Gasteiger partial charge in [0, 0.05) is 12.6 Å². The molecule has 1 aromatic heterocycles. The van der Waals surface area contributed by atoms with Gasteiger partial charge in [-0.3, -0.25) is 0 Å². The minimum absolute atomic E-state index is 0.0175. The van der Waals surface area contributed by atoms with Gasteiger partial charge in [-0.1, -0.05) is 24.1 Å². The molecule has 1 heterocycles. The van der Waals surface area contributed by atoms with Gasteiger partial charge in [-0.05, 0) is 58.2 Å². The van der Waals surface area contributed by atoms with Crippen molar-refractivity contribution in [2.75, 3.05) is 7.11 Å². The van der Waals surface area contributed by atoms with Crippen LogP contribution in [0.3, 0.4) is 0 Å². The molecule has 0 N–H and O–H groups in total. The van der Waals surface area contributed by atoms with Gasteiger partial charge in [-0.25, -0.2) is 8.42 Å². The fourth-order valence-corrected chi connectivity index (χ4v) is 5.88. The first kappa shape index (κ1) is 21.6. The van der Waals surface area contributed by atoms with Gasteiger partial charge in [0.2, 0.25) is 10.0 Å². The molecule has 0 bridgehead atoms. The number of aryl methyl sites for hydroxylation is 2. The van der Waals surface area contributed by atoms with Crippen molar-refractivity contribution in [2.45, 2.75) is 77.0 Å². The Balaban J connectivity index is 1.99. The van der Waals surface area contributed by atoms with Crippen LogP contribution >= 0.6 is 0 Å². The van der Waals surface area contributed by atoms with Crippen molar-refractivity contribution in [1.82, 2.24) is 9.46 Å². The van der Waals surface area contributed by atoms with E-state index in [4.69, 9.17) is 14.0 Å². The fraction of sp³-hybridized carbons (Fsp3) is 0.571. The second-order valence-corrected chi connectivity index (χ2v) is 9.62. The van der Waals surface area contributed by atoms with Gasteiger partial charge in [0.15, 0.2) is 17.3 Å². The van der Waals surface area contributed by atoms with E-state index in [0.717, 1.165) is 31.2 Å². The number of methoxy groups -OCH3 is 1. The zero-order valence-electron chi connectivity index (χ0n) is 17.8. The Hall–Kier alpha value is -2.06. The zero-order chi connectivity index (χ0) is 21.2. The van der Waals surface area contributed by atoms with E-state index in [2.05, 4.69) is 5.16 Å². The van der Waals surface area contributed by atoms with Gasteiger partial charge < -0.3 is 14.0 Å². The maximum Gasteiger partial charge on any atom is 0.249 e. The lowest BCUT2D eigenvalue weighted by atomic mass is 10.1. The van der Waals surface area contributed by atoms with Crippen LogP contribution in [0.5, 0.6) is 11.5 Å². The number of hydrogen-bond donors (Lipinski definition) is 0. The molecule has 1 saturated carbocycles. The smallest absolute Gasteiger partial charge is 0.249 e. The lowest BCUT2D eigenvalue weighted by Gasteiger charge is -2.28. The molecule has 1 fully saturated rings. The van der Waals surface area contributed by atoms with E-state index in [0.29, 0.717) is 23.0 Å². The summed E-state index contributed by atoms with van der Waals surface area (Å²) in [5.41, 5.74) is 1.24. The maximum absolute atomic E-state index is 13.6. The first-order valence-electron chi connectivity index (χ1n) is 10.0. The third-order valence-electron chi connectivity index (χ3n) is 5.20. The highest BCUT2D eigenvalue weighted by atomic mass is 32.2. The van der Waals surface area contributed by atoms with Crippen LogP contribution in [0.25, 0.3) is 0 Å². The van der Waals surface area contributed by atoms with Crippen LogP contribution in [0.4, 0.5) is 0 Å². The summed E-state index contributed by atoms with van der Waals surface area (Å²) in [6.07, 6.45) is 3.75. The highest BCUT2D eigenvalue weighted by Gasteiger charge is 2.37. The van der Waals surface area contributed by atoms with Crippen LogP contribution in [0, 0.1) is 13.8 Å². The summed E-state index contributed by atoms with van der Waals surface area (Å²) in [6.45, 7) is 7.45. The molecule has 7 nitrogen and oxygen atoms in total. The molecule has 0 radical (unpaired) electrons. The number of nitrogens with zero attached hydrogens (tertiary/aromatic N) is 2. The van der Waals surface area contributed by atoms with Crippen molar-refractivity contribution < 1.29 is 22.4 Å². The summed E-state index contributed by atoms with van der Waals surface area (Å²) in [7, 11) is -2.16. The number of hydrogen-bond acceptors (Lipinski definition) is 6. The third kappa shape index (κ3) is 4.59. The van der Waals surface area contributed by atoms with Crippen molar-refractivity contribution in [3.05, 3.63) is 35.2 Å². The van der Waals surface area contributed by atoms with Gasteiger partial charge in [-0.2, -0.15) is 4.31 Å². The van der Waals surface area contributed by atoms with Crippen molar-refractivity contribution in [2.24, 2.45) is 0 Å². The van der Waals surface area contributed by atoms with E-state index in [9.17, 15) is 8.42 Å². The van der Waals surface area contributed by atoms with Gasteiger partial charge in [-0.15, -0.1) is 0 Å². The minimum Gasteiger partial charge on any atom is -0.493 e. The van der Waals surface area contributed by atoms with Crippen molar-refractivity contribution in [1.29, 1.82) is 0 Å². The predicted octanol–water partition coefficient (Wildman–Crippen LogP) is 4.22. The van der Waals surface area contributed by atoms with Crippen LogP contribution < -0.4 is 9.47 Å². The lowest BCUT2D eigenvalue weighted by Crippen LogP contribution is -2.38. The molecule has 0 saturated heterocycles. The molecule has 3 rings (SSSR count). The average Bonchev–Trinajstić information content (AvgIpc) is 3.29. The minimum atomic E-state index is -3.75. The Labute approximate surface area is 173 Å². The quantitative estimate of drug-likeness (QED) is 0.633. The van der Waals surface area contributed by atoms with E-state index in [1.807, 2.05) is 32.0 Å². The van der Waals surface area contributed by atoms with Crippen LogP contribution in [0.15, 0.2) is 27.6 Å². The second-order valence-electron chi connectivity index (χ2n) is 7.79. The van der Waals surface area contributed by atoms with E-state index in [1.165, 1.54) is 0 Å². The summed E-state index contributed by atoms with van der Waals surface area (Å²) < 4.78 is 45.2. The van der Waals surface area contributed by atoms with Crippen molar-refractivity contribution >= 4 is 10.0 Å². The summed E-state index contributed by atoms with van der Waals surface area (Å²) in [5.74, 6) is 1.56. The van der Waals surface area contributed by atoms with Crippen LogP contribution in [-0.2, 0) is 16.6 Å². The Morgan fingerprint density at radius 1 is 1.21 bits per heavy atom. The number of ether oxygens (including phenoxy) is 2. The Morgan fingerprint density at radius 2 is 1.90 bits per heavy atom. The number of sulfonamides is 1.